The summed E-state index contributed by atoms with van der Waals surface area (Å²) >= 11 is 1.55. The number of carbonyl (C=O) groups is 2. The van der Waals surface area contributed by atoms with Gasteiger partial charge in [-0.15, -0.1) is 11.3 Å². The van der Waals surface area contributed by atoms with E-state index in [-0.39, 0.29) is 23.4 Å². The van der Waals surface area contributed by atoms with Gasteiger partial charge in [-0.3, -0.25) is 5.32 Å². The van der Waals surface area contributed by atoms with Crippen molar-refractivity contribution < 1.29 is 9.59 Å². The summed E-state index contributed by atoms with van der Waals surface area (Å²) in [6.07, 6.45) is 2.74. The second kappa shape index (κ2) is 5.40. The van der Waals surface area contributed by atoms with Crippen molar-refractivity contribution >= 4 is 28.8 Å². The molecule has 1 aliphatic rings. The van der Waals surface area contributed by atoms with E-state index in [4.69, 9.17) is 0 Å². The first-order chi connectivity index (χ1) is 9.64. The molecule has 0 bridgehead atoms. The number of hydrogen-bond acceptors (Lipinski definition) is 4. The minimum atomic E-state index is -0.301. The van der Waals surface area contributed by atoms with E-state index < -0.39 is 0 Å². The molecule has 2 amide bonds. The number of nitrogens with one attached hydrogen (secondary N) is 1. The Labute approximate surface area is 129 Å². The third-order valence-corrected chi connectivity index (χ3v) is 5.17. The van der Waals surface area contributed by atoms with Gasteiger partial charge in [0.15, 0.2) is 5.13 Å². The monoisotopic (exact) mass is 309 g/mol. The largest absolute Gasteiger partial charge is 0.323 e. The lowest BCUT2D eigenvalue weighted by Gasteiger charge is -2.39. The van der Waals surface area contributed by atoms with Gasteiger partial charge in [0.25, 0.3) is 0 Å². The van der Waals surface area contributed by atoms with Crippen molar-refractivity contribution in [2.24, 2.45) is 5.41 Å². The smallest absolute Gasteiger partial charge is 0.321 e. The van der Waals surface area contributed by atoms with Crippen LogP contribution in [0.25, 0.3) is 0 Å². The molecule has 5 nitrogen and oxygen atoms in total. The summed E-state index contributed by atoms with van der Waals surface area (Å²) in [5.74, 6) is 0. The molecule has 1 N–H and O–H groups in total. The molecule has 0 aliphatic heterocycles. The summed E-state index contributed by atoms with van der Waals surface area (Å²) in [5.41, 5.74) is 1.39. The SMILES string of the molecule is CN(CC=O)C(=O)Nc1nc2c(s1)C(C)(C)CC(C)(C)C2. The number of hydrogen-bond donors (Lipinski definition) is 1. The van der Waals surface area contributed by atoms with Crippen LogP contribution in [-0.4, -0.2) is 35.8 Å². The van der Waals surface area contributed by atoms with Gasteiger partial charge in [-0.25, -0.2) is 9.78 Å². The maximum atomic E-state index is 11.9. The summed E-state index contributed by atoms with van der Waals surface area (Å²) < 4.78 is 0. The average Bonchev–Trinajstić information content (AvgIpc) is 2.70. The van der Waals surface area contributed by atoms with E-state index >= 15 is 0 Å². The average molecular weight is 309 g/mol. The number of nitrogens with zero attached hydrogens (tertiary/aromatic N) is 2. The molecule has 1 aliphatic carbocycles. The van der Waals surface area contributed by atoms with Crippen molar-refractivity contribution in [1.29, 1.82) is 0 Å². The second-order valence-electron chi connectivity index (χ2n) is 7.17. The number of carbonyl (C=O) groups excluding carboxylic acids is 2. The van der Waals surface area contributed by atoms with Crippen LogP contribution < -0.4 is 5.32 Å². The molecule has 1 aromatic rings. The maximum Gasteiger partial charge on any atom is 0.323 e. The lowest BCUT2D eigenvalue weighted by molar-refractivity contribution is -0.108. The van der Waals surface area contributed by atoms with Crippen LogP contribution in [0.15, 0.2) is 0 Å². The van der Waals surface area contributed by atoms with Crippen molar-refractivity contribution in [3.63, 3.8) is 0 Å². The van der Waals surface area contributed by atoms with Gasteiger partial charge in [-0.1, -0.05) is 27.7 Å². The molecule has 0 radical (unpaired) electrons. The Morgan fingerprint density at radius 1 is 1.43 bits per heavy atom. The molecule has 0 saturated heterocycles. The van der Waals surface area contributed by atoms with E-state index in [0.717, 1.165) is 18.5 Å². The molecule has 1 heterocycles. The van der Waals surface area contributed by atoms with Crippen molar-refractivity contribution in [2.75, 3.05) is 18.9 Å². The minimum absolute atomic E-state index is 0.0758. The van der Waals surface area contributed by atoms with Crippen LogP contribution in [0, 0.1) is 5.41 Å². The lowest BCUT2D eigenvalue weighted by atomic mass is 9.67. The number of anilines is 1. The second-order valence-corrected chi connectivity index (χ2v) is 8.17. The van der Waals surface area contributed by atoms with Crippen LogP contribution in [0.5, 0.6) is 0 Å². The molecule has 6 heteroatoms. The zero-order valence-electron chi connectivity index (χ0n) is 13.3. The van der Waals surface area contributed by atoms with Crippen molar-refractivity contribution in [3.05, 3.63) is 10.6 Å². The summed E-state index contributed by atoms with van der Waals surface area (Å²) in [5, 5.41) is 3.40. The van der Waals surface area contributed by atoms with Crippen LogP contribution in [-0.2, 0) is 16.6 Å². The Bertz CT molecular complexity index is 563. The van der Waals surface area contributed by atoms with Gasteiger partial charge in [-0.05, 0) is 18.3 Å². The highest BCUT2D eigenvalue weighted by molar-refractivity contribution is 7.16. The molecule has 0 spiro atoms. The molecule has 0 saturated carbocycles. The van der Waals surface area contributed by atoms with E-state index in [9.17, 15) is 9.59 Å². The molecule has 0 atom stereocenters. The fourth-order valence-corrected chi connectivity index (χ4v) is 4.30. The highest BCUT2D eigenvalue weighted by atomic mass is 32.1. The summed E-state index contributed by atoms with van der Waals surface area (Å²) in [6.45, 7) is 9.06. The number of urea groups is 1. The van der Waals surface area contributed by atoms with Crippen LogP contribution in [0.3, 0.4) is 0 Å². The first-order valence-corrected chi connectivity index (χ1v) is 7.92. The van der Waals surface area contributed by atoms with Crippen molar-refractivity contribution in [2.45, 2.75) is 46.0 Å². The van der Waals surface area contributed by atoms with Crippen LogP contribution in [0.2, 0.25) is 0 Å². The third-order valence-electron chi connectivity index (χ3n) is 3.79. The van der Waals surface area contributed by atoms with Crippen molar-refractivity contribution in [3.8, 4) is 0 Å². The predicted octanol–water partition coefficient (Wildman–Crippen LogP) is 3.06. The number of fused-ring (bicyclic) bond motifs is 1. The molecule has 1 aromatic heterocycles. The number of aromatic nitrogens is 1. The fraction of sp³-hybridized carbons (Fsp3) is 0.667. The predicted molar refractivity (Wildman–Crippen MR) is 85.0 cm³/mol. The quantitative estimate of drug-likeness (QED) is 0.873. The van der Waals surface area contributed by atoms with E-state index in [1.165, 1.54) is 9.78 Å². The molecule has 0 unspecified atom stereocenters. The molecular formula is C15H23N3O2S. The Kier molecular flexibility index (Phi) is 4.10. The van der Waals surface area contributed by atoms with Crippen LogP contribution in [0.4, 0.5) is 9.93 Å². The Morgan fingerprint density at radius 2 is 2.10 bits per heavy atom. The van der Waals surface area contributed by atoms with E-state index in [0.29, 0.717) is 11.4 Å². The normalized spacial score (nSPS) is 18.7. The van der Waals surface area contributed by atoms with Gasteiger partial charge in [0.1, 0.15) is 6.29 Å². The van der Waals surface area contributed by atoms with Gasteiger partial charge in [-0.2, -0.15) is 0 Å². The highest BCUT2D eigenvalue weighted by Gasteiger charge is 2.40. The first kappa shape index (κ1) is 15.9. The van der Waals surface area contributed by atoms with Crippen LogP contribution >= 0.6 is 11.3 Å². The lowest BCUT2D eigenvalue weighted by Crippen LogP contribution is -2.33. The maximum absolute atomic E-state index is 11.9. The zero-order chi connectivity index (χ0) is 15.8. The van der Waals surface area contributed by atoms with E-state index in [1.807, 2.05) is 0 Å². The topological polar surface area (TPSA) is 62.3 Å². The summed E-state index contributed by atoms with van der Waals surface area (Å²) in [6, 6.07) is -0.301. The standard InChI is InChI=1S/C15H23N3O2S/c1-14(2)8-10-11(15(3,4)9-14)21-12(16-10)17-13(20)18(5)6-7-19/h7H,6,8-9H2,1-5H3,(H,16,17,20). The third kappa shape index (κ3) is 3.43. The highest BCUT2D eigenvalue weighted by Crippen LogP contribution is 2.48. The van der Waals surface area contributed by atoms with Gasteiger partial charge in [0.2, 0.25) is 0 Å². The molecule has 2 rings (SSSR count). The van der Waals surface area contributed by atoms with Gasteiger partial charge in [0.05, 0.1) is 12.2 Å². The Morgan fingerprint density at radius 3 is 2.71 bits per heavy atom. The number of aldehydes is 1. The van der Waals surface area contributed by atoms with Crippen molar-refractivity contribution in [1.82, 2.24) is 9.88 Å². The molecule has 21 heavy (non-hydrogen) atoms. The van der Waals surface area contributed by atoms with Crippen LogP contribution in [0.1, 0.15) is 44.7 Å². The van der Waals surface area contributed by atoms with Gasteiger partial charge >= 0.3 is 6.03 Å². The Balaban J connectivity index is 2.21. The molecular weight excluding hydrogens is 286 g/mol. The molecule has 0 fully saturated rings. The fourth-order valence-electron chi connectivity index (χ4n) is 3.23. The minimum Gasteiger partial charge on any atom is -0.321 e. The molecule has 116 valence electrons. The number of amides is 2. The first-order valence-electron chi connectivity index (χ1n) is 7.10. The summed E-state index contributed by atoms with van der Waals surface area (Å²) in [7, 11) is 1.59. The Hall–Kier alpha value is -1.43. The number of likely N-dealkylation sites (N-methyl/N-ethyl adjacent to an activating group) is 1. The van der Waals surface area contributed by atoms with Gasteiger partial charge in [0, 0.05) is 17.3 Å². The number of thiazole rings is 1. The summed E-state index contributed by atoms with van der Waals surface area (Å²) in [4.78, 5) is 29.6. The van der Waals surface area contributed by atoms with Gasteiger partial charge < -0.3 is 9.69 Å². The number of rotatable bonds is 3. The van der Waals surface area contributed by atoms with E-state index in [1.54, 1.807) is 18.4 Å². The zero-order valence-corrected chi connectivity index (χ0v) is 14.1. The molecule has 0 aromatic carbocycles. The van der Waals surface area contributed by atoms with E-state index in [2.05, 4.69) is 38.0 Å².